The number of hydrogen-bond donors (Lipinski definition) is 0. The molecule has 2 unspecified atom stereocenters. The zero-order valence-corrected chi connectivity index (χ0v) is 16.2. The van der Waals surface area contributed by atoms with Gasteiger partial charge in [0, 0.05) is 26.3 Å². The van der Waals surface area contributed by atoms with Gasteiger partial charge in [0.1, 0.15) is 12.4 Å². The second-order valence-corrected chi connectivity index (χ2v) is 6.90. The lowest BCUT2D eigenvalue weighted by molar-refractivity contribution is -0.138. The van der Waals surface area contributed by atoms with E-state index >= 15 is 0 Å². The first kappa shape index (κ1) is 19.9. The Kier molecular flexibility index (Phi) is 6.66. The molecule has 28 heavy (non-hydrogen) atoms. The summed E-state index contributed by atoms with van der Waals surface area (Å²) in [4.78, 5) is 26.5. The van der Waals surface area contributed by atoms with E-state index in [2.05, 4.69) is 0 Å². The summed E-state index contributed by atoms with van der Waals surface area (Å²) in [6, 6.07) is 15.7. The van der Waals surface area contributed by atoms with Crippen LogP contribution in [0, 0.1) is 0 Å². The predicted octanol–water partition coefficient (Wildman–Crippen LogP) is 3.23. The van der Waals surface area contributed by atoms with Gasteiger partial charge in [-0.05, 0) is 37.1 Å². The molecular weight excluding hydrogens is 358 g/mol. The Balaban J connectivity index is 1.65. The van der Waals surface area contributed by atoms with E-state index in [-0.39, 0.29) is 12.0 Å². The molecule has 2 atom stereocenters. The Morgan fingerprint density at radius 2 is 1.82 bits per heavy atom. The van der Waals surface area contributed by atoms with Crippen LogP contribution in [0.2, 0.25) is 0 Å². The summed E-state index contributed by atoms with van der Waals surface area (Å²) in [5.74, 6) is -0.193. The number of nitrogens with zero attached hydrogens (tertiary/aromatic N) is 1. The van der Waals surface area contributed by atoms with Crippen LogP contribution in [0.25, 0.3) is 0 Å². The highest BCUT2D eigenvalue weighted by Gasteiger charge is 2.27. The molecule has 0 aliphatic carbocycles. The normalized spacial score (nSPS) is 17.0. The van der Waals surface area contributed by atoms with Gasteiger partial charge in [0.15, 0.2) is 0 Å². The van der Waals surface area contributed by atoms with Gasteiger partial charge >= 0.3 is 5.97 Å². The minimum Gasteiger partial charge on any atom is -0.491 e. The molecule has 1 saturated heterocycles. The average Bonchev–Trinajstić information content (AvgIpc) is 3.24. The Morgan fingerprint density at radius 3 is 2.43 bits per heavy atom. The fourth-order valence-corrected chi connectivity index (χ4v) is 2.95. The summed E-state index contributed by atoms with van der Waals surface area (Å²) in [7, 11) is 3.26. The van der Waals surface area contributed by atoms with E-state index in [1.54, 1.807) is 62.6 Å². The lowest BCUT2D eigenvalue weighted by Gasteiger charge is -2.21. The molecule has 0 N–H and O–H groups in total. The van der Waals surface area contributed by atoms with Gasteiger partial charge in [-0.2, -0.15) is 0 Å². The second-order valence-electron chi connectivity index (χ2n) is 6.90. The average molecular weight is 383 g/mol. The van der Waals surface area contributed by atoms with Crippen LogP contribution in [-0.2, 0) is 14.3 Å². The minimum absolute atomic E-state index is 0.133. The summed E-state index contributed by atoms with van der Waals surface area (Å²) in [5, 5.41) is 0. The zero-order chi connectivity index (χ0) is 19.9. The molecule has 1 aliphatic heterocycles. The summed E-state index contributed by atoms with van der Waals surface area (Å²) >= 11 is 0. The number of benzene rings is 2. The van der Waals surface area contributed by atoms with E-state index in [4.69, 9.17) is 14.2 Å². The topological polar surface area (TPSA) is 65.1 Å². The molecule has 148 valence electrons. The number of rotatable bonds is 7. The van der Waals surface area contributed by atoms with E-state index in [0.717, 1.165) is 19.4 Å². The molecule has 1 fully saturated rings. The van der Waals surface area contributed by atoms with Crippen LogP contribution in [0.1, 0.15) is 34.9 Å². The summed E-state index contributed by atoms with van der Waals surface area (Å²) in [5.41, 5.74) is 0.989. The Morgan fingerprint density at radius 1 is 1.11 bits per heavy atom. The largest absolute Gasteiger partial charge is 0.491 e. The molecule has 0 spiro atoms. The van der Waals surface area contributed by atoms with Crippen molar-refractivity contribution in [2.75, 3.05) is 27.3 Å². The molecule has 2 aromatic rings. The van der Waals surface area contributed by atoms with Gasteiger partial charge in [0.05, 0.1) is 11.7 Å². The van der Waals surface area contributed by atoms with E-state index in [1.165, 1.54) is 4.90 Å². The highest BCUT2D eigenvalue weighted by molar-refractivity contribution is 5.92. The molecule has 1 amide bonds. The lowest BCUT2D eigenvalue weighted by atomic mass is 10.1. The molecule has 0 radical (unpaired) electrons. The first-order valence-corrected chi connectivity index (χ1v) is 9.36. The van der Waals surface area contributed by atoms with Crippen molar-refractivity contribution in [2.45, 2.75) is 25.0 Å². The second kappa shape index (κ2) is 9.37. The quantitative estimate of drug-likeness (QED) is 0.687. The molecule has 2 aromatic carbocycles. The fraction of sp³-hybridized carbons (Fsp3) is 0.364. The van der Waals surface area contributed by atoms with Crippen LogP contribution >= 0.6 is 0 Å². The molecule has 1 aliphatic rings. The van der Waals surface area contributed by atoms with Crippen molar-refractivity contribution in [3.05, 3.63) is 65.7 Å². The van der Waals surface area contributed by atoms with Gasteiger partial charge in [-0.15, -0.1) is 0 Å². The maximum atomic E-state index is 12.6. The maximum Gasteiger partial charge on any atom is 0.339 e. The molecule has 6 heteroatoms. The fourth-order valence-electron chi connectivity index (χ4n) is 2.95. The number of carbonyl (C=O) groups is 2. The number of hydrogen-bond acceptors (Lipinski definition) is 5. The molecule has 3 rings (SSSR count). The van der Waals surface area contributed by atoms with Crippen molar-refractivity contribution < 1.29 is 23.8 Å². The van der Waals surface area contributed by atoms with Crippen molar-refractivity contribution in [3.8, 4) is 5.75 Å². The van der Waals surface area contributed by atoms with Crippen LogP contribution in [0.5, 0.6) is 5.75 Å². The Labute approximate surface area is 165 Å². The van der Waals surface area contributed by atoms with Gasteiger partial charge in [-0.1, -0.05) is 30.3 Å². The SMILES string of the molecule is CN(C)C(=O)C(OC(=O)c1ccc(OCC2CCCO2)cc1)c1ccccc1. The number of likely N-dealkylation sites (N-methyl/N-ethyl adjacent to an activating group) is 1. The van der Waals surface area contributed by atoms with Crippen molar-refractivity contribution in [1.29, 1.82) is 0 Å². The third kappa shape index (κ3) is 5.10. The van der Waals surface area contributed by atoms with Crippen LogP contribution in [0.4, 0.5) is 0 Å². The first-order valence-electron chi connectivity index (χ1n) is 9.36. The standard InChI is InChI=1S/C22H25NO5/c1-23(2)21(24)20(16-7-4-3-5-8-16)28-22(25)17-10-12-18(13-11-17)27-15-19-9-6-14-26-19/h3-5,7-8,10-13,19-20H,6,9,14-15H2,1-2H3. The highest BCUT2D eigenvalue weighted by atomic mass is 16.5. The van der Waals surface area contributed by atoms with Gasteiger partial charge in [0.2, 0.25) is 6.10 Å². The minimum atomic E-state index is -0.987. The van der Waals surface area contributed by atoms with Crippen molar-refractivity contribution in [1.82, 2.24) is 4.90 Å². The molecule has 6 nitrogen and oxygen atoms in total. The first-order chi connectivity index (χ1) is 13.5. The predicted molar refractivity (Wildman–Crippen MR) is 104 cm³/mol. The van der Waals surface area contributed by atoms with E-state index < -0.39 is 12.1 Å². The van der Waals surface area contributed by atoms with Crippen molar-refractivity contribution in [2.24, 2.45) is 0 Å². The summed E-state index contributed by atoms with van der Waals surface area (Å²) in [6.45, 7) is 1.28. The van der Waals surface area contributed by atoms with E-state index in [1.807, 2.05) is 6.07 Å². The number of carbonyl (C=O) groups excluding carboxylic acids is 2. The van der Waals surface area contributed by atoms with Crippen LogP contribution in [-0.4, -0.2) is 50.2 Å². The van der Waals surface area contributed by atoms with Crippen LogP contribution < -0.4 is 4.74 Å². The monoisotopic (exact) mass is 383 g/mol. The highest BCUT2D eigenvalue weighted by Crippen LogP contribution is 2.22. The summed E-state index contributed by atoms with van der Waals surface area (Å²) in [6.07, 6.45) is 1.21. The maximum absolute atomic E-state index is 12.6. The van der Waals surface area contributed by atoms with Crippen molar-refractivity contribution >= 4 is 11.9 Å². The third-order valence-electron chi connectivity index (χ3n) is 4.54. The number of amides is 1. The smallest absolute Gasteiger partial charge is 0.339 e. The third-order valence-corrected chi connectivity index (χ3v) is 4.54. The lowest BCUT2D eigenvalue weighted by Crippen LogP contribution is -2.31. The summed E-state index contributed by atoms with van der Waals surface area (Å²) < 4.78 is 16.8. The van der Waals surface area contributed by atoms with Gasteiger partial charge in [0.25, 0.3) is 5.91 Å². The molecular formula is C22H25NO5. The van der Waals surface area contributed by atoms with Gasteiger partial charge < -0.3 is 19.1 Å². The van der Waals surface area contributed by atoms with E-state index in [0.29, 0.717) is 23.5 Å². The van der Waals surface area contributed by atoms with Gasteiger partial charge in [-0.3, -0.25) is 4.79 Å². The molecule has 0 saturated carbocycles. The molecule has 0 aromatic heterocycles. The molecule has 1 heterocycles. The Hall–Kier alpha value is -2.86. The Bertz CT molecular complexity index is 782. The zero-order valence-electron chi connectivity index (χ0n) is 16.2. The number of esters is 1. The van der Waals surface area contributed by atoms with Crippen molar-refractivity contribution in [3.63, 3.8) is 0 Å². The van der Waals surface area contributed by atoms with Crippen LogP contribution in [0.3, 0.4) is 0 Å². The molecule has 0 bridgehead atoms. The van der Waals surface area contributed by atoms with Gasteiger partial charge in [-0.25, -0.2) is 4.79 Å². The number of ether oxygens (including phenoxy) is 3. The van der Waals surface area contributed by atoms with E-state index in [9.17, 15) is 9.59 Å². The van der Waals surface area contributed by atoms with Crippen LogP contribution in [0.15, 0.2) is 54.6 Å².